The van der Waals surface area contributed by atoms with Crippen LogP contribution in [-0.4, -0.2) is 37.2 Å². The molecular weight excluding hydrogens is 450 g/mol. The molecule has 3 heterocycles. The van der Waals surface area contributed by atoms with Crippen LogP contribution in [-0.2, 0) is 4.79 Å². The Morgan fingerprint density at radius 3 is 2.49 bits per heavy atom. The monoisotopic (exact) mass is 469 g/mol. The van der Waals surface area contributed by atoms with Crippen molar-refractivity contribution in [2.45, 2.75) is 20.8 Å². The minimum absolute atomic E-state index is 0.0354. The molecule has 11 heteroatoms. The third kappa shape index (κ3) is 3.99. The average Bonchev–Trinajstić information content (AvgIpc) is 3.59. The van der Waals surface area contributed by atoms with E-state index in [1.807, 2.05) is 13.8 Å². The molecule has 2 aromatic heterocycles. The summed E-state index contributed by atoms with van der Waals surface area (Å²) in [7, 11) is 0. The van der Waals surface area contributed by atoms with Crippen molar-refractivity contribution in [2.24, 2.45) is 5.10 Å². The maximum atomic E-state index is 13.1. The maximum Gasteiger partial charge on any atom is 0.280 e. The van der Waals surface area contributed by atoms with Gasteiger partial charge in [0.2, 0.25) is 5.82 Å². The fourth-order valence-corrected chi connectivity index (χ4v) is 3.76. The molecule has 0 unspecified atom stereocenters. The standard InChI is InChI=1S/C24H19N7O4/c1-13-10-20(21(31(33)34)11-14(13)2)22-9-8-18(35-22)12-19-15(3)27-30(24(19)32)17-6-4-16(5-7-17)23-25-28-29-26-23/h4-12H,1-3H3,(H,25,26,28,29). The molecule has 0 aliphatic carbocycles. The Labute approximate surface area is 198 Å². The van der Waals surface area contributed by atoms with Gasteiger partial charge in [-0.3, -0.25) is 14.9 Å². The number of nitrogens with one attached hydrogen (secondary N) is 1. The smallest absolute Gasteiger partial charge is 0.280 e. The molecule has 0 atom stereocenters. The van der Waals surface area contributed by atoms with Crippen molar-refractivity contribution in [3.8, 4) is 22.7 Å². The molecular formula is C24H19N7O4. The first-order chi connectivity index (χ1) is 16.8. The van der Waals surface area contributed by atoms with Crippen LogP contribution in [0.2, 0.25) is 0 Å². The molecule has 5 rings (SSSR count). The molecule has 1 aliphatic heterocycles. The first-order valence-electron chi connectivity index (χ1n) is 10.6. The zero-order chi connectivity index (χ0) is 24.7. The zero-order valence-electron chi connectivity index (χ0n) is 19.0. The number of rotatable bonds is 5. The van der Waals surface area contributed by atoms with E-state index in [0.717, 1.165) is 16.7 Å². The summed E-state index contributed by atoms with van der Waals surface area (Å²) < 4.78 is 5.88. The van der Waals surface area contributed by atoms with E-state index in [4.69, 9.17) is 4.42 Å². The molecule has 0 fully saturated rings. The summed E-state index contributed by atoms with van der Waals surface area (Å²) in [6.45, 7) is 5.44. The van der Waals surface area contributed by atoms with Gasteiger partial charge < -0.3 is 4.42 Å². The van der Waals surface area contributed by atoms with E-state index < -0.39 is 4.92 Å². The molecule has 0 saturated carbocycles. The predicted molar refractivity (Wildman–Crippen MR) is 128 cm³/mol. The second kappa shape index (κ2) is 8.45. The van der Waals surface area contributed by atoms with Gasteiger partial charge in [0.15, 0.2) is 0 Å². The molecule has 11 nitrogen and oxygen atoms in total. The zero-order valence-corrected chi connectivity index (χ0v) is 19.0. The van der Waals surface area contributed by atoms with E-state index in [0.29, 0.717) is 39.9 Å². The number of anilines is 1. The molecule has 0 spiro atoms. The predicted octanol–water partition coefficient (Wildman–Crippen LogP) is 4.46. The Balaban J connectivity index is 1.42. The van der Waals surface area contributed by atoms with Crippen LogP contribution in [0.25, 0.3) is 28.8 Å². The Kier molecular flexibility index (Phi) is 5.28. The quantitative estimate of drug-likeness (QED) is 0.258. The molecule has 1 N–H and O–H groups in total. The lowest BCUT2D eigenvalue weighted by atomic mass is 10.0. The number of carbonyl (C=O) groups excluding carboxylic acids is 1. The van der Waals surface area contributed by atoms with Crippen molar-refractivity contribution in [3.05, 3.63) is 81.1 Å². The normalized spacial score (nSPS) is 14.6. The van der Waals surface area contributed by atoms with Gasteiger partial charge in [0.25, 0.3) is 11.6 Å². The van der Waals surface area contributed by atoms with Gasteiger partial charge in [-0.05, 0) is 85.7 Å². The van der Waals surface area contributed by atoms with E-state index in [2.05, 4.69) is 25.7 Å². The van der Waals surface area contributed by atoms with Crippen LogP contribution in [0.4, 0.5) is 11.4 Å². The van der Waals surface area contributed by atoms with Crippen LogP contribution in [0, 0.1) is 24.0 Å². The number of hydrazone groups is 1. The van der Waals surface area contributed by atoms with E-state index in [1.54, 1.807) is 55.5 Å². The number of amides is 1. The topological polar surface area (TPSA) is 143 Å². The van der Waals surface area contributed by atoms with Crippen LogP contribution in [0.1, 0.15) is 23.8 Å². The summed E-state index contributed by atoms with van der Waals surface area (Å²) >= 11 is 0. The summed E-state index contributed by atoms with van der Waals surface area (Å²) in [5.41, 5.74) is 4.29. The van der Waals surface area contributed by atoms with Crippen LogP contribution < -0.4 is 5.01 Å². The van der Waals surface area contributed by atoms with Gasteiger partial charge in [0.1, 0.15) is 11.5 Å². The Morgan fingerprint density at radius 2 is 1.80 bits per heavy atom. The Hall–Kier alpha value is -4.93. The molecule has 1 aliphatic rings. The van der Waals surface area contributed by atoms with E-state index >= 15 is 0 Å². The van der Waals surface area contributed by atoms with Crippen molar-refractivity contribution >= 4 is 29.1 Å². The number of nitro benzene ring substituents is 1. The number of hydrogen-bond donors (Lipinski definition) is 1. The number of hydrogen-bond acceptors (Lipinski definition) is 8. The number of benzene rings is 2. The highest BCUT2D eigenvalue weighted by Gasteiger charge is 2.29. The van der Waals surface area contributed by atoms with Gasteiger partial charge in [-0.2, -0.15) is 15.3 Å². The Morgan fingerprint density at radius 1 is 1.06 bits per heavy atom. The van der Waals surface area contributed by atoms with Crippen molar-refractivity contribution in [1.29, 1.82) is 0 Å². The number of nitro groups is 1. The van der Waals surface area contributed by atoms with Gasteiger partial charge in [-0.15, -0.1) is 10.2 Å². The number of nitrogens with zero attached hydrogens (tertiary/aromatic N) is 6. The number of tetrazole rings is 1. The van der Waals surface area contributed by atoms with E-state index in [9.17, 15) is 14.9 Å². The van der Waals surface area contributed by atoms with Crippen LogP contribution in [0.15, 0.2) is 63.6 Å². The highest BCUT2D eigenvalue weighted by Crippen LogP contribution is 2.34. The van der Waals surface area contributed by atoms with E-state index in [1.165, 1.54) is 11.1 Å². The minimum atomic E-state index is -0.429. The lowest BCUT2D eigenvalue weighted by molar-refractivity contribution is -0.384. The average molecular weight is 469 g/mol. The molecule has 0 bridgehead atoms. The summed E-state index contributed by atoms with van der Waals surface area (Å²) in [5.74, 6) is 0.868. The number of aromatic nitrogens is 4. The molecule has 35 heavy (non-hydrogen) atoms. The Bertz CT molecular complexity index is 1520. The first-order valence-corrected chi connectivity index (χ1v) is 10.6. The number of H-pyrrole nitrogens is 1. The number of aryl methyl sites for hydroxylation is 2. The molecule has 0 radical (unpaired) electrons. The van der Waals surface area contributed by atoms with Crippen LogP contribution >= 0.6 is 0 Å². The number of carbonyl (C=O) groups is 1. The minimum Gasteiger partial charge on any atom is -0.456 e. The molecule has 174 valence electrons. The lowest BCUT2D eigenvalue weighted by Gasteiger charge is -2.11. The second-order valence-electron chi connectivity index (χ2n) is 8.06. The van der Waals surface area contributed by atoms with Crippen molar-refractivity contribution in [1.82, 2.24) is 20.6 Å². The van der Waals surface area contributed by atoms with Gasteiger partial charge in [-0.1, -0.05) is 0 Å². The summed E-state index contributed by atoms with van der Waals surface area (Å²) in [5, 5.41) is 31.1. The molecule has 4 aromatic rings. The van der Waals surface area contributed by atoms with Crippen LogP contribution in [0.3, 0.4) is 0 Å². The first kappa shape index (κ1) is 21.9. The summed E-state index contributed by atoms with van der Waals surface area (Å²) in [6.07, 6.45) is 1.59. The number of furan rings is 1. The fraction of sp³-hybridized carbons (Fsp3) is 0.125. The van der Waals surface area contributed by atoms with Gasteiger partial charge in [0.05, 0.1) is 27.5 Å². The van der Waals surface area contributed by atoms with Gasteiger partial charge in [0, 0.05) is 11.6 Å². The lowest BCUT2D eigenvalue weighted by Crippen LogP contribution is -2.21. The number of aromatic amines is 1. The van der Waals surface area contributed by atoms with Crippen molar-refractivity contribution in [2.75, 3.05) is 5.01 Å². The van der Waals surface area contributed by atoms with Gasteiger partial charge in [-0.25, -0.2) is 0 Å². The third-order valence-corrected chi connectivity index (χ3v) is 5.77. The van der Waals surface area contributed by atoms with Crippen molar-refractivity contribution in [3.63, 3.8) is 0 Å². The van der Waals surface area contributed by atoms with Gasteiger partial charge >= 0.3 is 0 Å². The highest BCUT2D eigenvalue weighted by atomic mass is 16.6. The third-order valence-electron chi connectivity index (χ3n) is 5.77. The molecule has 2 aromatic carbocycles. The summed E-state index contributed by atoms with van der Waals surface area (Å²) in [4.78, 5) is 24.2. The van der Waals surface area contributed by atoms with E-state index in [-0.39, 0.29) is 11.6 Å². The molecule has 1 amide bonds. The maximum absolute atomic E-state index is 13.1. The molecule has 0 saturated heterocycles. The summed E-state index contributed by atoms with van der Waals surface area (Å²) in [6, 6.07) is 13.6. The largest absolute Gasteiger partial charge is 0.456 e. The second-order valence-corrected chi connectivity index (χ2v) is 8.06. The fourth-order valence-electron chi connectivity index (χ4n) is 3.76. The highest BCUT2D eigenvalue weighted by molar-refractivity contribution is 6.32. The SMILES string of the molecule is CC1=NN(c2ccc(-c3nn[nH]n3)cc2)C(=O)C1=Cc1ccc(-c2cc(C)c(C)cc2[N+](=O)[O-])o1. The van der Waals surface area contributed by atoms with Crippen LogP contribution in [0.5, 0.6) is 0 Å². The van der Waals surface area contributed by atoms with Crippen molar-refractivity contribution < 1.29 is 14.1 Å².